The van der Waals surface area contributed by atoms with Crippen LogP contribution in [0.3, 0.4) is 0 Å². The molecule has 1 fully saturated rings. The van der Waals surface area contributed by atoms with Gasteiger partial charge in [-0.1, -0.05) is 0 Å². The van der Waals surface area contributed by atoms with E-state index in [1.54, 1.807) is 18.4 Å². The van der Waals surface area contributed by atoms with Crippen LogP contribution in [0.1, 0.15) is 12.8 Å². The smallest absolute Gasteiger partial charge is 0.225 e. The minimum atomic E-state index is 0.533. The number of anilines is 3. The van der Waals surface area contributed by atoms with E-state index in [0.29, 0.717) is 12.0 Å². The molecule has 1 aromatic carbocycles. The van der Waals surface area contributed by atoms with E-state index in [9.17, 15) is 0 Å². The SMILES string of the molecule is COc1ccc(N(C)c2nc(NC3CC3)nc3ccsc23)cc1. The molecule has 1 aliphatic carbocycles. The number of hydrogen-bond donors (Lipinski definition) is 1. The number of nitrogens with zero attached hydrogens (tertiary/aromatic N) is 3. The molecule has 0 unspecified atom stereocenters. The zero-order valence-corrected chi connectivity index (χ0v) is 13.9. The van der Waals surface area contributed by atoms with E-state index in [2.05, 4.69) is 20.6 Å². The van der Waals surface area contributed by atoms with Gasteiger partial charge in [-0.05, 0) is 48.6 Å². The Balaban J connectivity index is 1.73. The number of aromatic nitrogens is 2. The molecule has 0 aliphatic heterocycles. The first-order chi connectivity index (χ1) is 11.2. The van der Waals surface area contributed by atoms with Crippen LogP contribution in [-0.4, -0.2) is 30.2 Å². The van der Waals surface area contributed by atoms with Gasteiger partial charge in [-0.15, -0.1) is 11.3 Å². The predicted molar refractivity (Wildman–Crippen MR) is 95.1 cm³/mol. The van der Waals surface area contributed by atoms with Crippen molar-refractivity contribution in [2.24, 2.45) is 0 Å². The number of benzene rings is 1. The first-order valence-electron chi connectivity index (χ1n) is 7.64. The van der Waals surface area contributed by atoms with Gasteiger partial charge in [-0.3, -0.25) is 0 Å². The summed E-state index contributed by atoms with van der Waals surface area (Å²) in [6.45, 7) is 0. The average molecular weight is 326 g/mol. The molecule has 1 N–H and O–H groups in total. The molecule has 0 atom stereocenters. The van der Waals surface area contributed by atoms with Crippen LogP contribution >= 0.6 is 11.3 Å². The molecule has 0 spiro atoms. The Morgan fingerprint density at radius 2 is 1.96 bits per heavy atom. The lowest BCUT2D eigenvalue weighted by Gasteiger charge is -2.20. The molecule has 1 aliphatic rings. The van der Waals surface area contributed by atoms with Gasteiger partial charge < -0.3 is 15.0 Å². The fourth-order valence-electron chi connectivity index (χ4n) is 2.48. The summed E-state index contributed by atoms with van der Waals surface area (Å²) in [7, 11) is 3.71. The van der Waals surface area contributed by atoms with Crippen LogP contribution in [0.15, 0.2) is 35.7 Å². The van der Waals surface area contributed by atoms with Gasteiger partial charge in [0.15, 0.2) is 5.82 Å². The highest BCUT2D eigenvalue weighted by Crippen LogP contribution is 2.34. The Bertz CT molecular complexity index is 826. The highest BCUT2D eigenvalue weighted by atomic mass is 32.1. The lowest BCUT2D eigenvalue weighted by Crippen LogP contribution is -2.14. The highest BCUT2D eigenvalue weighted by molar-refractivity contribution is 7.17. The molecule has 0 amide bonds. The third kappa shape index (κ3) is 2.82. The fourth-order valence-corrected chi connectivity index (χ4v) is 3.33. The number of nitrogens with one attached hydrogen (secondary N) is 1. The van der Waals surface area contributed by atoms with Crippen molar-refractivity contribution in [2.75, 3.05) is 24.4 Å². The van der Waals surface area contributed by atoms with Crippen LogP contribution in [0.2, 0.25) is 0 Å². The molecule has 3 aromatic rings. The third-order valence-corrected chi connectivity index (χ3v) is 4.87. The van der Waals surface area contributed by atoms with Gasteiger partial charge in [0.2, 0.25) is 5.95 Å². The number of methoxy groups -OCH3 is 1. The number of fused-ring (bicyclic) bond motifs is 1. The average Bonchev–Trinajstić information content (AvgIpc) is 3.27. The Hall–Kier alpha value is -2.34. The predicted octanol–water partition coefficient (Wildman–Crippen LogP) is 4.04. The number of rotatable bonds is 5. The van der Waals surface area contributed by atoms with Gasteiger partial charge in [0.05, 0.1) is 17.3 Å². The molecule has 4 rings (SSSR count). The van der Waals surface area contributed by atoms with E-state index >= 15 is 0 Å². The van der Waals surface area contributed by atoms with Gasteiger partial charge >= 0.3 is 0 Å². The summed E-state index contributed by atoms with van der Waals surface area (Å²) in [6, 6.07) is 10.6. The lowest BCUT2D eigenvalue weighted by atomic mass is 10.2. The van der Waals surface area contributed by atoms with Crippen molar-refractivity contribution in [3.8, 4) is 5.75 Å². The van der Waals surface area contributed by atoms with Crippen molar-refractivity contribution in [3.63, 3.8) is 0 Å². The summed E-state index contributed by atoms with van der Waals surface area (Å²) in [5, 5.41) is 5.46. The van der Waals surface area contributed by atoms with Crippen LogP contribution in [0.4, 0.5) is 17.5 Å². The van der Waals surface area contributed by atoms with E-state index < -0.39 is 0 Å². The fraction of sp³-hybridized carbons (Fsp3) is 0.294. The van der Waals surface area contributed by atoms with E-state index in [4.69, 9.17) is 9.72 Å². The van der Waals surface area contributed by atoms with Crippen molar-refractivity contribution in [2.45, 2.75) is 18.9 Å². The normalized spacial score (nSPS) is 14.0. The van der Waals surface area contributed by atoms with Gasteiger partial charge in [0.25, 0.3) is 0 Å². The maximum absolute atomic E-state index is 5.23. The first kappa shape index (κ1) is 14.3. The summed E-state index contributed by atoms with van der Waals surface area (Å²) >= 11 is 1.67. The van der Waals surface area contributed by atoms with Gasteiger partial charge in [0.1, 0.15) is 5.75 Å². The van der Waals surface area contributed by atoms with Crippen molar-refractivity contribution in [1.82, 2.24) is 9.97 Å². The number of hydrogen-bond acceptors (Lipinski definition) is 6. The molecule has 0 bridgehead atoms. The number of thiophene rings is 1. The summed E-state index contributed by atoms with van der Waals surface area (Å²) in [5.74, 6) is 2.49. The van der Waals surface area contributed by atoms with Crippen molar-refractivity contribution in [1.29, 1.82) is 0 Å². The van der Waals surface area contributed by atoms with E-state index in [-0.39, 0.29) is 0 Å². The molecule has 23 heavy (non-hydrogen) atoms. The molecule has 0 radical (unpaired) electrons. The summed E-state index contributed by atoms with van der Waals surface area (Å²) < 4.78 is 6.33. The molecule has 5 nitrogen and oxygen atoms in total. The van der Waals surface area contributed by atoms with Crippen molar-refractivity contribution >= 4 is 39.0 Å². The minimum Gasteiger partial charge on any atom is -0.497 e. The van der Waals surface area contributed by atoms with Crippen LogP contribution in [0.25, 0.3) is 10.2 Å². The lowest BCUT2D eigenvalue weighted by molar-refractivity contribution is 0.415. The molecule has 6 heteroatoms. The van der Waals surface area contributed by atoms with Gasteiger partial charge in [0, 0.05) is 18.8 Å². The highest BCUT2D eigenvalue weighted by Gasteiger charge is 2.23. The second kappa shape index (κ2) is 5.70. The van der Waals surface area contributed by atoms with E-state index in [1.807, 2.05) is 37.4 Å². The topological polar surface area (TPSA) is 50.3 Å². The van der Waals surface area contributed by atoms with E-state index in [0.717, 1.165) is 27.5 Å². The maximum Gasteiger partial charge on any atom is 0.225 e. The maximum atomic E-state index is 5.23. The quantitative estimate of drug-likeness (QED) is 0.767. The Morgan fingerprint density at radius 1 is 1.17 bits per heavy atom. The molecule has 1 saturated carbocycles. The Kier molecular flexibility index (Phi) is 3.53. The summed E-state index contributed by atoms with van der Waals surface area (Å²) in [6.07, 6.45) is 2.41. The van der Waals surface area contributed by atoms with Crippen LogP contribution < -0.4 is 15.0 Å². The monoisotopic (exact) mass is 326 g/mol. The zero-order valence-electron chi connectivity index (χ0n) is 13.1. The van der Waals surface area contributed by atoms with Crippen LogP contribution in [0.5, 0.6) is 5.75 Å². The molecule has 0 saturated heterocycles. The van der Waals surface area contributed by atoms with Crippen molar-refractivity contribution in [3.05, 3.63) is 35.7 Å². The zero-order chi connectivity index (χ0) is 15.8. The Labute approximate surface area is 138 Å². The molecule has 2 aromatic heterocycles. The minimum absolute atomic E-state index is 0.533. The Morgan fingerprint density at radius 3 is 2.65 bits per heavy atom. The second-order valence-electron chi connectivity index (χ2n) is 5.68. The molecular formula is C17H18N4OS. The molecule has 2 heterocycles. The van der Waals surface area contributed by atoms with Gasteiger partial charge in [-0.2, -0.15) is 4.98 Å². The van der Waals surface area contributed by atoms with Crippen LogP contribution in [-0.2, 0) is 0 Å². The molecular weight excluding hydrogens is 308 g/mol. The second-order valence-corrected chi connectivity index (χ2v) is 6.60. The van der Waals surface area contributed by atoms with Crippen molar-refractivity contribution < 1.29 is 4.74 Å². The third-order valence-electron chi connectivity index (χ3n) is 3.97. The van der Waals surface area contributed by atoms with Gasteiger partial charge in [-0.25, -0.2) is 4.98 Å². The first-order valence-corrected chi connectivity index (χ1v) is 8.52. The van der Waals surface area contributed by atoms with E-state index in [1.165, 1.54) is 12.8 Å². The standard InChI is InChI=1S/C17H18N4OS/c1-21(12-5-7-13(22-2)8-6-12)16-15-14(9-10-23-15)19-17(20-16)18-11-3-4-11/h5-11H,3-4H2,1-2H3,(H,18,19,20). The summed E-state index contributed by atoms with van der Waals surface area (Å²) in [5.41, 5.74) is 2.06. The summed E-state index contributed by atoms with van der Waals surface area (Å²) in [4.78, 5) is 11.5. The van der Waals surface area contributed by atoms with Crippen LogP contribution in [0, 0.1) is 0 Å². The number of ether oxygens (including phenoxy) is 1. The molecule has 118 valence electrons. The largest absolute Gasteiger partial charge is 0.497 e.